The first-order valence-electron chi connectivity index (χ1n) is 7.16. The summed E-state index contributed by atoms with van der Waals surface area (Å²) in [5, 5.41) is 11.8. The van der Waals surface area contributed by atoms with Gasteiger partial charge < -0.3 is 10.1 Å². The van der Waals surface area contributed by atoms with Crippen LogP contribution >= 0.6 is 27.5 Å². The van der Waals surface area contributed by atoms with Gasteiger partial charge in [0.1, 0.15) is 5.75 Å². The Morgan fingerprint density at radius 1 is 1.12 bits per heavy atom. The number of aryl methyl sites for hydroxylation is 1. The average Bonchev–Trinajstić information content (AvgIpc) is 2.58. The van der Waals surface area contributed by atoms with Crippen LogP contribution in [0.15, 0.2) is 46.9 Å². The summed E-state index contributed by atoms with van der Waals surface area (Å²) in [4.78, 5) is 12.2. The van der Waals surface area contributed by atoms with Gasteiger partial charge in [-0.3, -0.25) is 0 Å². The van der Waals surface area contributed by atoms with E-state index in [1.807, 2.05) is 25.1 Å². The zero-order valence-electron chi connectivity index (χ0n) is 13.0. The first-order chi connectivity index (χ1) is 12.0. The van der Waals surface area contributed by atoms with Crippen molar-refractivity contribution in [2.75, 3.05) is 5.32 Å². The molecule has 2 aromatic carbocycles. The Morgan fingerprint density at radius 2 is 1.88 bits per heavy atom. The van der Waals surface area contributed by atoms with E-state index in [0.717, 1.165) is 10.0 Å². The van der Waals surface area contributed by atoms with Gasteiger partial charge in [-0.15, -0.1) is 0 Å². The molecule has 0 radical (unpaired) electrons. The molecule has 6 nitrogen and oxygen atoms in total. The molecule has 1 heterocycles. The predicted molar refractivity (Wildman–Crippen MR) is 98.2 cm³/mol. The number of nitriles is 1. The van der Waals surface area contributed by atoms with E-state index in [9.17, 15) is 0 Å². The number of nitrogens with one attached hydrogen (secondary N) is 1. The quantitative estimate of drug-likeness (QED) is 0.644. The molecule has 0 atom stereocenters. The van der Waals surface area contributed by atoms with Crippen molar-refractivity contribution in [3.63, 3.8) is 0 Å². The smallest absolute Gasteiger partial charge is 0.328 e. The maximum absolute atomic E-state index is 8.83. The van der Waals surface area contributed by atoms with E-state index in [4.69, 9.17) is 21.6 Å². The molecule has 25 heavy (non-hydrogen) atoms. The lowest BCUT2D eigenvalue weighted by atomic mass is 10.2. The molecule has 0 unspecified atom stereocenters. The first kappa shape index (κ1) is 17.1. The maximum Gasteiger partial charge on any atom is 0.328 e. The topological polar surface area (TPSA) is 83.7 Å². The van der Waals surface area contributed by atoms with Crippen LogP contribution in [-0.4, -0.2) is 15.0 Å². The molecule has 3 rings (SSSR count). The Labute approximate surface area is 157 Å². The summed E-state index contributed by atoms with van der Waals surface area (Å²) < 4.78 is 6.47. The summed E-state index contributed by atoms with van der Waals surface area (Å²) in [5.41, 5.74) is 2.37. The molecule has 8 heteroatoms. The van der Waals surface area contributed by atoms with E-state index < -0.39 is 0 Å². The third-order valence-corrected chi connectivity index (χ3v) is 3.94. The van der Waals surface area contributed by atoms with Gasteiger partial charge in [-0.1, -0.05) is 6.07 Å². The molecule has 0 aliphatic rings. The molecule has 0 spiro atoms. The molecule has 1 aromatic heterocycles. The van der Waals surface area contributed by atoms with Crippen molar-refractivity contribution in [1.29, 1.82) is 5.26 Å². The number of ether oxygens (including phenoxy) is 1. The van der Waals surface area contributed by atoms with Gasteiger partial charge in [0.2, 0.25) is 11.2 Å². The third-order valence-electron chi connectivity index (χ3n) is 3.15. The molecular formula is C17H11BrClN5O. The monoisotopic (exact) mass is 415 g/mol. The van der Waals surface area contributed by atoms with Crippen molar-refractivity contribution in [3.05, 3.63) is 63.3 Å². The fraction of sp³-hybridized carbons (Fsp3) is 0.0588. The van der Waals surface area contributed by atoms with Gasteiger partial charge in [-0.2, -0.15) is 20.2 Å². The van der Waals surface area contributed by atoms with Crippen molar-refractivity contribution in [3.8, 4) is 17.8 Å². The first-order valence-corrected chi connectivity index (χ1v) is 8.33. The van der Waals surface area contributed by atoms with E-state index in [1.54, 1.807) is 24.3 Å². The van der Waals surface area contributed by atoms with Gasteiger partial charge in [-0.25, -0.2) is 0 Å². The fourth-order valence-corrected chi connectivity index (χ4v) is 2.70. The van der Waals surface area contributed by atoms with E-state index >= 15 is 0 Å². The second-order valence-electron chi connectivity index (χ2n) is 5.06. The van der Waals surface area contributed by atoms with Gasteiger partial charge in [0, 0.05) is 5.69 Å². The third kappa shape index (κ3) is 4.44. The Hall–Kier alpha value is -2.69. The summed E-state index contributed by atoms with van der Waals surface area (Å²) in [7, 11) is 0. The largest absolute Gasteiger partial charge is 0.423 e. The van der Waals surface area contributed by atoms with E-state index in [1.165, 1.54) is 0 Å². The molecular weight excluding hydrogens is 406 g/mol. The van der Waals surface area contributed by atoms with Gasteiger partial charge in [0.05, 0.1) is 16.1 Å². The highest BCUT2D eigenvalue weighted by Gasteiger charge is 2.10. The van der Waals surface area contributed by atoms with Crippen molar-refractivity contribution in [2.24, 2.45) is 0 Å². The van der Waals surface area contributed by atoms with Gasteiger partial charge in [0.25, 0.3) is 0 Å². The van der Waals surface area contributed by atoms with Crippen molar-refractivity contribution in [2.45, 2.75) is 6.92 Å². The zero-order chi connectivity index (χ0) is 17.8. The zero-order valence-corrected chi connectivity index (χ0v) is 15.3. The lowest BCUT2D eigenvalue weighted by Gasteiger charge is -2.09. The van der Waals surface area contributed by atoms with Crippen molar-refractivity contribution >= 4 is 39.2 Å². The minimum absolute atomic E-state index is 0.00405. The molecule has 1 N–H and O–H groups in total. The Bertz CT molecular complexity index is 956. The van der Waals surface area contributed by atoms with Crippen LogP contribution in [0.2, 0.25) is 5.28 Å². The predicted octanol–water partition coefficient (Wildman–Crippen LogP) is 5.00. The molecule has 0 amide bonds. The number of hydrogen-bond acceptors (Lipinski definition) is 6. The molecule has 0 aliphatic heterocycles. The number of benzene rings is 2. The molecule has 0 bridgehead atoms. The number of halogens is 2. The summed E-state index contributed by atoms with van der Waals surface area (Å²) in [6, 6.07) is 14.6. The van der Waals surface area contributed by atoms with Crippen LogP contribution in [0.5, 0.6) is 11.8 Å². The van der Waals surface area contributed by atoms with Gasteiger partial charge in [-0.05, 0) is 76.4 Å². The standard InChI is InChI=1S/C17H11BrClN5O/c1-10-2-7-14(13(18)8-10)25-17-23-15(19)22-16(24-17)21-12-5-3-11(9-20)4-6-12/h2-8H,1H3,(H,21,22,23,24). The highest BCUT2D eigenvalue weighted by Crippen LogP contribution is 2.29. The highest BCUT2D eigenvalue weighted by atomic mass is 79.9. The summed E-state index contributed by atoms with van der Waals surface area (Å²) in [6.07, 6.45) is 0. The van der Waals surface area contributed by atoms with Crippen LogP contribution in [0.3, 0.4) is 0 Å². The number of hydrogen-bond donors (Lipinski definition) is 1. The van der Waals surface area contributed by atoms with Gasteiger partial charge >= 0.3 is 6.01 Å². The maximum atomic E-state index is 8.83. The van der Waals surface area contributed by atoms with E-state index in [-0.39, 0.29) is 17.2 Å². The Morgan fingerprint density at radius 3 is 2.56 bits per heavy atom. The van der Waals surface area contributed by atoms with Crippen molar-refractivity contribution in [1.82, 2.24) is 15.0 Å². The number of nitrogens with zero attached hydrogens (tertiary/aromatic N) is 4. The molecule has 0 saturated carbocycles. The van der Waals surface area contributed by atoms with Crippen LogP contribution in [0.4, 0.5) is 11.6 Å². The summed E-state index contributed by atoms with van der Waals surface area (Å²) >= 11 is 9.40. The number of anilines is 2. The Balaban J connectivity index is 1.83. The second kappa shape index (κ2) is 7.47. The van der Waals surface area contributed by atoms with Gasteiger partial charge in [0.15, 0.2) is 0 Å². The number of rotatable bonds is 4. The lowest BCUT2D eigenvalue weighted by molar-refractivity contribution is 0.438. The summed E-state index contributed by atoms with van der Waals surface area (Å²) in [6.45, 7) is 1.98. The minimum Gasteiger partial charge on any atom is -0.423 e. The number of aromatic nitrogens is 3. The van der Waals surface area contributed by atoms with Crippen LogP contribution < -0.4 is 10.1 Å². The van der Waals surface area contributed by atoms with E-state index in [0.29, 0.717) is 17.0 Å². The van der Waals surface area contributed by atoms with Crippen molar-refractivity contribution < 1.29 is 4.74 Å². The fourth-order valence-electron chi connectivity index (χ4n) is 1.98. The molecule has 0 saturated heterocycles. The molecule has 0 aliphatic carbocycles. The SMILES string of the molecule is Cc1ccc(Oc2nc(Cl)nc(Nc3ccc(C#N)cc3)n2)c(Br)c1. The molecule has 124 valence electrons. The van der Waals surface area contributed by atoms with Crippen LogP contribution in [0.25, 0.3) is 0 Å². The van der Waals surface area contributed by atoms with E-state index in [2.05, 4.69) is 42.3 Å². The molecule has 3 aromatic rings. The Kier molecular flexibility index (Phi) is 5.12. The van der Waals surface area contributed by atoms with Crippen LogP contribution in [0.1, 0.15) is 11.1 Å². The highest BCUT2D eigenvalue weighted by molar-refractivity contribution is 9.10. The minimum atomic E-state index is 0.00405. The second-order valence-corrected chi connectivity index (χ2v) is 6.25. The normalized spacial score (nSPS) is 10.2. The van der Waals surface area contributed by atoms with Crippen LogP contribution in [-0.2, 0) is 0 Å². The lowest BCUT2D eigenvalue weighted by Crippen LogP contribution is -2.02. The average molecular weight is 417 g/mol. The summed E-state index contributed by atoms with van der Waals surface area (Å²) in [5.74, 6) is 0.806. The van der Waals surface area contributed by atoms with Crippen LogP contribution in [0, 0.1) is 18.3 Å². The molecule has 0 fully saturated rings.